The summed E-state index contributed by atoms with van der Waals surface area (Å²) in [7, 11) is 0. The van der Waals surface area contributed by atoms with Gasteiger partial charge < -0.3 is 15.1 Å². The summed E-state index contributed by atoms with van der Waals surface area (Å²) in [6.45, 7) is 6.96. The maximum atomic E-state index is 12.9. The highest BCUT2D eigenvalue weighted by Crippen LogP contribution is 2.35. The van der Waals surface area contributed by atoms with E-state index in [9.17, 15) is 9.59 Å². The first-order valence-electron chi connectivity index (χ1n) is 10.5. The van der Waals surface area contributed by atoms with Crippen molar-refractivity contribution in [2.45, 2.75) is 39.5 Å². The molecule has 0 saturated carbocycles. The van der Waals surface area contributed by atoms with Crippen molar-refractivity contribution in [1.29, 1.82) is 0 Å². The Morgan fingerprint density at radius 2 is 2.03 bits per heavy atom. The van der Waals surface area contributed by atoms with Gasteiger partial charge in [0.1, 0.15) is 0 Å². The molecule has 160 valence electrons. The largest absolute Gasteiger partial charge is 0.345 e. The molecule has 30 heavy (non-hydrogen) atoms. The molecule has 1 atom stereocenters. The van der Waals surface area contributed by atoms with Crippen LogP contribution in [0.15, 0.2) is 18.2 Å². The van der Waals surface area contributed by atoms with Crippen molar-refractivity contribution in [2.75, 3.05) is 36.4 Å². The first-order valence-corrected chi connectivity index (χ1v) is 11.7. The molecule has 8 heteroatoms. The number of carbonyl (C=O) groups excluding carboxylic acids is 2. The van der Waals surface area contributed by atoms with Gasteiger partial charge in [-0.15, -0.1) is 11.3 Å². The Morgan fingerprint density at radius 3 is 2.77 bits per heavy atom. The van der Waals surface area contributed by atoms with Gasteiger partial charge in [0.25, 0.3) is 0 Å². The van der Waals surface area contributed by atoms with Gasteiger partial charge in [-0.3, -0.25) is 9.59 Å². The molecule has 1 saturated heterocycles. The van der Waals surface area contributed by atoms with Crippen LogP contribution in [0.3, 0.4) is 0 Å². The van der Waals surface area contributed by atoms with E-state index in [0.29, 0.717) is 11.4 Å². The molecular weight excluding hydrogens is 420 g/mol. The van der Waals surface area contributed by atoms with Crippen molar-refractivity contribution >= 4 is 45.6 Å². The molecule has 1 N–H and O–H groups in total. The van der Waals surface area contributed by atoms with Crippen LogP contribution in [0.1, 0.15) is 35.9 Å². The zero-order valence-corrected chi connectivity index (χ0v) is 19.0. The van der Waals surface area contributed by atoms with Crippen LogP contribution in [0.2, 0.25) is 5.02 Å². The van der Waals surface area contributed by atoms with E-state index in [1.165, 1.54) is 4.88 Å². The SMILES string of the molecule is CCC(=O)N1CCN(c2nc3c(s2)CC(C(=O)Nc2cccc(Cl)c2C)CC3)CC1. The first-order chi connectivity index (χ1) is 14.5. The predicted octanol–water partition coefficient (Wildman–Crippen LogP) is 3.91. The molecule has 1 aliphatic heterocycles. The number of nitrogens with zero attached hydrogens (tertiary/aromatic N) is 3. The molecule has 1 aromatic heterocycles. The highest BCUT2D eigenvalue weighted by molar-refractivity contribution is 7.15. The van der Waals surface area contributed by atoms with E-state index in [0.717, 1.165) is 67.5 Å². The van der Waals surface area contributed by atoms with Crippen LogP contribution in [0, 0.1) is 12.8 Å². The molecule has 0 spiro atoms. The summed E-state index contributed by atoms with van der Waals surface area (Å²) in [5, 5.41) is 4.74. The minimum absolute atomic E-state index is 0.0488. The van der Waals surface area contributed by atoms with E-state index >= 15 is 0 Å². The quantitative estimate of drug-likeness (QED) is 0.773. The molecular formula is C22H27ClN4O2S. The van der Waals surface area contributed by atoms with Crippen LogP contribution in [0.25, 0.3) is 0 Å². The second-order valence-corrected chi connectivity index (χ2v) is 9.40. The molecule has 1 fully saturated rings. The van der Waals surface area contributed by atoms with Gasteiger partial charge in [-0.25, -0.2) is 4.98 Å². The number of hydrogen-bond donors (Lipinski definition) is 1. The van der Waals surface area contributed by atoms with Gasteiger partial charge >= 0.3 is 0 Å². The third kappa shape index (κ3) is 4.32. The molecule has 1 unspecified atom stereocenters. The lowest BCUT2D eigenvalue weighted by molar-refractivity contribution is -0.131. The van der Waals surface area contributed by atoms with E-state index in [1.807, 2.05) is 36.9 Å². The number of anilines is 2. The van der Waals surface area contributed by atoms with Crippen LogP contribution in [-0.4, -0.2) is 47.9 Å². The fourth-order valence-corrected chi connectivity index (χ4v) is 5.48. The number of carbonyl (C=O) groups is 2. The highest BCUT2D eigenvalue weighted by atomic mass is 35.5. The van der Waals surface area contributed by atoms with Crippen molar-refractivity contribution in [1.82, 2.24) is 9.88 Å². The van der Waals surface area contributed by atoms with Crippen molar-refractivity contribution in [2.24, 2.45) is 5.92 Å². The highest BCUT2D eigenvalue weighted by Gasteiger charge is 2.30. The van der Waals surface area contributed by atoms with Gasteiger partial charge in [0.2, 0.25) is 11.8 Å². The maximum Gasteiger partial charge on any atom is 0.227 e. The number of hydrogen-bond acceptors (Lipinski definition) is 5. The Bertz CT molecular complexity index is 953. The number of amides is 2. The maximum absolute atomic E-state index is 12.9. The molecule has 2 aromatic rings. The van der Waals surface area contributed by atoms with Crippen LogP contribution >= 0.6 is 22.9 Å². The Balaban J connectivity index is 1.39. The van der Waals surface area contributed by atoms with Crippen LogP contribution in [0.5, 0.6) is 0 Å². The summed E-state index contributed by atoms with van der Waals surface area (Å²) in [4.78, 5) is 35.0. The average molecular weight is 447 g/mol. The summed E-state index contributed by atoms with van der Waals surface area (Å²) in [5.74, 6) is 0.216. The van der Waals surface area contributed by atoms with E-state index in [2.05, 4.69) is 10.2 Å². The summed E-state index contributed by atoms with van der Waals surface area (Å²) >= 11 is 7.88. The summed E-state index contributed by atoms with van der Waals surface area (Å²) in [6.07, 6.45) is 2.92. The second-order valence-electron chi connectivity index (χ2n) is 7.93. The summed E-state index contributed by atoms with van der Waals surface area (Å²) in [6, 6.07) is 5.57. The number of rotatable bonds is 4. The fourth-order valence-electron chi connectivity index (χ4n) is 4.07. The minimum Gasteiger partial charge on any atom is -0.345 e. The topological polar surface area (TPSA) is 65.5 Å². The lowest BCUT2D eigenvalue weighted by atomic mass is 9.90. The number of nitrogens with one attached hydrogen (secondary N) is 1. The van der Waals surface area contributed by atoms with Gasteiger partial charge in [-0.1, -0.05) is 24.6 Å². The minimum atomic E-state index is -0.0526. The molecule has 1 aliphatic carbocycles. The summed E-state index contributed by atoms with van der Waals surface area (Å²) < 4.78 is 0. The molecule has 0 radical (unpaired) electrons. The zero-order valence-electron chi connectivity index (χ0n) is 17.4. The molecule has 2 aliphatic rings. The number of aryl methyl sites for hydroxylation is 1. The van der Waals surface area contributed by atoms with Gasteiger partial charge in [0.05, 0.1) is 5.69 Å². The van der Waals surface area contributed by atoms with E-state index in [-0.39, 0.29) is 17.7 Å². The third-order valence-electron chi connectivity index (χ3n) is 6.03. The lowest BCUT2D eigenvalue weighted by Crippen LogP contribution is -2.48. The van der Waals surface area contributed by atoms with E-state index in [4.69, 9.17) is 16.6 Å². The number of fused-ring (bicyclic) bond motifs is 1. The van der Waals surface area contributed by atoms with Crippen LogP contribution < -0.4 is 10.2 Å². The van der Waals surface area contributed by atoms with Crippen molar-refractivity contribution in [3.63, 3.8) is 0 Å². The Kier molecular flexibility index (Phi) is 6.29. The van der Waals surface area contributed by atoms with Gasteiger partial charge in [0.15, 0.2) is 5.13 Å². The van der Waals surface area contributed by atoms with Gasteiger partial charge in [-0.2, -0.15) is 0 Å². The third-order valence-corrected chi connectivity index (χ3v) is 7.62. The van der Waals surface area contributed by atoms with Crippen LogP contribution in [0.4, 0.5) is 10.8 Å². The summed E-state index contributed by atoms with van der Waals surface area (Å²) in [5.41, 5.74) is 2.80. The number of aromatic nitrogens is 1. The first kappa shape index (κ1) is 21.1. The average Bonchev–Trinajstić information content (AvgIpc) is 3.20. The zero-order chi connectivity index (χ0) is 21.3. The Morgan fingerprint density at radius 1 is 1.27 bits per heavy atom. The molecule has 4 rings (SSSR count). The van der Waals surface area contributed by atoms with E-state index in [1.54, 1.807) is 11.3 Å². The number of thiazole rings is 1. The van der Waals surface area contributed by atoms with Crippen LogP contribution in [-0.2, 0) is 22.4 Å². The monoisotopic (exact) mass is 446 g/mol. The van der Waals surface area contributed by atoms with Crippen molar-refractivity contribution in [3.05, 3.63) is 39.4 Å². The van der Waals surface area contributed by atoms with Crippen molar-refractivity contribution in [3.8, 4) is 0 Å². The normalized spacial score (nSPS) is 18.8. The number of piperazine rings is 1. The Labute approximate surface area is 186 Å². The van der Waals surface area contributed by atoms with Crippen molar-refractivity contribution < 1.29 is 9.59 Å². The molecule has 2 amide bonds. The lowest BCUT2D eigenvalue weighted by Gasteiger charge is -2.34. The van der Waals surface area contributed by atoms with Gasteiger partial charge in [-0.05, 0) is 43.9 Å². The predicted molar refractivity (Wildman–Crippen MR) is 122 cm³/mol. The second kappa shape index (κ2) is 8.94. The molecule has 6 nitrogen and oxygen atoms in total. The van der Waals surface area contributed by atoms with E-state index < -0.39 is 0 Å². The smallest absolute Gasteiger partial charge is 0.227 e. The van der Waals surface area contributed by atoms with Gasteiger partial charge in [0, 0.05) is 54.1 Å². The molecule has 2 heterocycles. The fraction of sp³-hybridized carbons (Fsp3) is 0.500. The number of benzene rings is 1. The molecule has 1 aromatic carbocycles. The Hall–Kier alpha value is -2.12. The molecule has 0 bridgehead atoms. The standard InChI is InChI=1S/C22H27ClN4O2S/c1-3-20(28)26-9-11-27(12-10-26)22-25-18-8-7-15(13-19(18)30-22)21(29)24-17-6-4-5-16(23)14(17)2/h4-6,15H,3,7-13H2,1-2H3,(H,24,29). The number of halogens is 1.